The minimum atomic E-state index is -4.91. The summed E-state index contributed by atoms with van der Waals surface area (Å²) >= 11 is 0. The molecule has 3 rings (SSSR count). The van der Waals surface area contributed by atoms with Gasteiger partial charge in [-0.05, 0) is 42.1 Å². The van der Waals surface area contributed by atoms with Gasteiger partial charge in [-0.2, -0.15) is 28.6 Å². The number of H-pyrrole nitrogens is 1. The highest BCUT2D eigenvalue weighted by Gasteiger charge is 2.33. The van der Waals surface area contributed by atoms with Gasteiger partial charge in [0.25, 0.3) is 0 Å². The van der Waals surface area contributed by atoms with E-state index in [1.165, 1.54) is 12.1 Å². The van der Waals surface area contributed by atoms with E-state index in [4.69, 9.17) is 0 Å². The Kier molecular flexibility index (Phi) is 5.31. The SMILES string of the molecule is C=NCc1n[nH]nc1-c1cc(C(F)(F)F)ccc1-c1cccc(OC(F)(F)F)c1. The van der Waals surface area contributed by atoms with Crippen LogP contribution in [0, 0.1) is 0 Å². The van der Waals surface area contributed by atoms with Crippen LogP contribution in [0.3, 0.4) is 0 Å². The Hall–Kier alpha value is -3.37. The number of aromatic amines is 1. The van der Waals surface area contributed by atoms with Crippen molar-refractivity contribution in [1.82, 2.24) is 15.4 Å². The molecule has 3 aromatic rings. The fourth-order valence-corrected chi connectivity index (χ4v) is 2.71. The average molecular weight is 414 g/mol. The number of hydrogen-bond donors (Lipinski definition) is 1. The van der Waals surface area contributed by atoms with Crippen LogP contribution in [0.15, 0.2) is 47.5 Å². The van der Waals surface area contributed by atoms with Crippen LogP contribution in [0.1, 0.15) is 11.3 Å². The molecule has 0 fully saturated rings. The second-order valence-electron chi connectivity index (χ2n) is 5.83. The molecule has 11 heteroatoms. The van der Waals surface area contributed by atoms with Crippen molar-refractivity contribution in [2.24, 2.45) is 4.99 Å². The van der Waals surface area contributed by atoms with Crippen molar-refractivity contribution >= 4 is 6.72 Å². The lowest BCUT2D eigenvalue weighted by atomic mass is 9.94. The summed E-state index contributed by atoms with van der Waals surface area (Å²) in [6.07, 6.45) is -9.54. The molecule has 0 amide bonds. The van der Waals surface area contributed by atoms with Crippen molar-refractivity contribution in [1.29, 1.82) is 0 Å². The number of rotatable bonds is 5. The van der Waals surface area contributed by atoms with Crippen LogP contribution >= 0.6 is 0 Å². The molecule has 0 atom stereocenters. The van der Waals surface area contributed by atoms with E-state index in [1.54, 1.807) is 0 Å². The highest BCUT2D eigenvalue weighted by molar-refractivity contribution is 5.83. The molecule has 1 aromatic heterocycles. The van der Waals surface area contributed by atoms with Gasteiger partial charge in [0, 0.05) is 5.56 Å². The molecule has 0 saturated heterocycles. The van der Waals surface area contributed by atoms with Crippen molar-refractivity contribution in [3.05, 3.63) is 53.7 Å². The molecule has 0 saturated carbocycles. The third kappa shape index (κ3) is 4.73. The van der Waals surface area contributed by atoms with Gasteiger partial charge in [0.2, 0.25) is 0 Å². The minimum absolute atomic E-state index is 0.0151. The molecule has 1 heterocycles. The molecule has 0 radical (unpaired) electrons. The van der Waals surface area contributed by atoms with Gasteiger partial charge in [-0.3, -0.25) is 4.99 Å². The van der Waals surface area contributed by atoms with E-state index in [0.717, 1.165) is 30.3 Å². The second-order valence-corrected chi connectivity index (χ2v) is 5.83. The van der Waals surface area contributed by atoms with E-state index < -0.39 is 23.9 Å². The number of nitrogens with one attached hydrogen (secondary N) is 1. The van der Waals surface area contributed by atoms with Crippen LogP contribution in [0.25, 0.3) is 22.4 Å². The Morgan fingerprint density at radius 1 is 0.966 bits per heavy atom. The van der Waals surface area contributed by atoms with E-state index >= 15 is 0 Å². The van der Waals surface area contributed by atoms with Gasteiger partial charge < -0.3 is 4.74 Å². The first-order chi connectivity index (χ1) is 13.6. The van der Waals surface area contributed by atoms with E-state index in [2.05, 4.69) is 31.9 Å². The Balaban J connectivity index is 2.18. The molecule has 0 spiro atoms. The number of ether oxygens (including phenoxy) is 1. The molecule has 152 valence electrons. The van der Waals surface area contributed by atoms with Crippen LogP contribution in [-0.2, 0) is 12.7 Å². The van der Waals surface area contributed by atoms with E-state index in [9.17, 15) is 26.3 Å². The molecule has 0 aliphatic rings. The van der Waals surface area contributed by atoms with Gasteiger partial charge in [0.1, 0.15) is 17.1 Å². The molecule has 2 aromatic carbocycles. The number of halogens is 6. The van der Waals surface area contributed by atoms with Crippen molar-refractivity contribution in [2.45, 2.75) is 19.1 Å². The Bertz CT molecular complexity index is 1030. The second kappa shape index (κ2) is 7.57. The van der Waals surface area contributed by atoms with Gasteiger partial charge >= 0.3 is 12.5 Å². The van der Waals surface area contributed by atoms with Gasteiger partial charge in [-0.15, -0.1) is 13.2 Å². The largest absolute Gasteiger partial charge is 0.573 e. The number of nitrogens with zero attached hydrogens (tertiary/aromatic N) is 3. The van der Waals surface area contributed by atoms with Crippen LogP contribution in [0.4, 0.5) is 26.3 Å². The molecular formula is C18H12F6N4O. The minimum Gasteiger partial charge on any atom is -0.406 e. The fraction of sp³-hybridized carbons (Fsp3) is 0.167. The van der Waals surface area contributed by atoms with E-state index in [-0.39, 0.29) is 34.6 Å². The smallest absolute Gasteiger partial charge is 0.406 e. The van der Waals surface area contributed by atoms with Gasteiger partial charge in [0.05, 0.1) is 12.1 Å². The molecule has 1 N–H and O–H groups in total. The number of hydrogen-bond acceptors (Lipinski definition) is 4. The molecule has 0 aliphatic heterocycles. The first-order valence-electron chi connectivity index (χ1n) is 7.98. The normalized spacial score (nSPS) is 12.1. The van der Waals surface area contributed by atoms with Crippen LogP contribution in [-0.4, -0.2) is 28.5 Å². The summed E-state index contributed by atoms with van der Waals surface area (Å²) in [6, 6.07) is 7.76. The standard InChI is InChI=1S/C18H12F6N4O/c1-25-9-15-16(27-28-26-15)14-8-11(17(19,20)21)5-6-13(14)10-3-2-4-12(7-10)29-18(22,23)24/h2-8H,1,9H2,(H,26,27,28). The van der Waals surface area contributed by atoms with Crippen molar-refractivity contribution < 1.29 is 31.1 Å². The summed E-state index contributed by atoms with van der Waals surface area (Å²) in [4.78, 5) is 3.65. The summed E-state index contributed by atoms with van der Waals surface area (Å²) in [5.41, 5.74) is -0.180. The lowest BCUT2D eigenvalue weighted by Crippen LogP contribution is -2.17. The number of alkyl halides is 6. The monoisotopic (exact) mass is 414 g/mol. The maximum atomic E-state index is 13.2. The number of aliphatic imine (C=N–C) groups is 1. The zero-order valence-corrected chi connectivity index (χ0v) is 14.5. The fourth-order valence-electron chi connectivity index (χ4n) is 2.71. The van der Waals surface area contributed by atoms with Gasteiger partial charge in [-0.1, -0.05) is 18.2 Å². The number of benzene rings is 2. The van der Waals surface area contributed by atoms with Crippen molar-refractivity contribution in [3.8, 4) is 28.1 Å². The first kappa shape index (κ1) is 20.4. The lowest BCUT2D eigenvalue weighted by Gasteiger charge is -2.15. The Morgan fingerprint density at radius 3 is 2.38 bits per heavy atom. The van der Waals surface area contributed by atoms with E-state index in [1.807, 2.05) is 0 Å². The molecular weight excluding hydrogens is 402 g/mol. The Labute approximate surface area is 160 Å². The van der Waals surface area contributed by atoms with Crippen molar-refractivity contribution in [2.75, 3.05) is 0 Å². The topological polar surface area (TPSA) is 63.2 Å². The predicted molar refractivity (Wildman–Crippen MR) is 92.2 cm³/mol. The third-order valence-corrected chi connectivity index (χ3v) is 3.86. The Morgan fingerprint density at radius 2 is 1.72 bits per heavy atom. The third-order valence-electron chi connectivity index (χ3n) is 3.86. The summed E-state index contributed by atoms with van der Waals surface area (Å²) in [7, 11) is 0. The van der Waals surface area contributed by atoms with Crippen LogP contribution < -0.4 is 4.74 Å². The molecule has 0 bridgehead atoms. The van der Waals surface area contributed by atoms with Crippen LogP contribution in [0.2, 0.25) is 0 Å². The molecule has 5 nitrogen and oxygen atoms in total. The van der Waals surface area contributed by atoms with Crippen molar-refractivity contribution in [3.63, 3.8) is 0 Å². The van der Waals surface area contributed by atoms with E-state index in [0.29, 0.717) is 0 Å². The highest BCUT2D eigenvalue weighted by Crippen LogP contribution is 2.39. The molecule has 0 unspecified atom stereocenters. The summed E-state index contributed by atoms with van der Waals surface area (Å²) in [6.45, 7) is 3.30. The zero-order chi connectivity index (χ0) is 21.2. The molecule has 29 heavy (non-hydrogen) atoms. The van der Waals surface area contributed by atoms with Crippen LogP contribution in [0.5, 0.6) is 5.75 Å². The average Bonchev–Trinajstić information content (AvgIpc) is 3.08. The maximum absolute atomic E-state index is 13.2. The number of aromatic nitrogens is 3. The summed E-state index contributed by atoms with van der Waals surface area (Å²) < 4.78 is 81.1. The predicted octanol–water partition coefficient (Wildman–Crippen LogP) is 5.26. The first-order valence-corrected chi connectivity index (χ1v) is 7.98. The molecule has 0 aliphatic carbocycles. The quantitative estimate of drug-likeness (QED) is 0.458. The summed E-state index contributed by atoms with van der Waals surface area (Å²) in [5.74, 6) is -0.506. The highest BCUT2D eigenvalue weighted by atomic mass is 19.4. The van der Waals surface area contributed by atoms with Gasteiger partial charge in [0.15, 0.2) is 0 Å². The zero-order valence-electron chi connectivity index (χ0n) is 14.5. The lowest BCUT2D eigenvalue weighted by molar-refractivity contribution is -0.274. The summed E-state index contributed by atoms with van der Waals surface area (Å²) in [5, 5.41) is 10.1. The maximum Gasteiger partial charge on any atom is 0.573 e. The van der Waals surface area contributed by atoms with Gasteiger partial charge in [-0.25, -0.2) is 0 Å².